The van der Waals surface area contributed by atoms with E-state index in [0.717, 1.165) is 15.7 Å². The summed E-state index contributed by atoms with van der Waals surface area (Å²) >= 11 is 8.44. The Balaban J connectivity index is 1.78. The number of methoxy groups -OCH3 is 1. The summed E-state index contributed by atoms with van der Waals surface area (Å²) in [7, 11) is 1.36. The van der Waals surface area contributed by atoms with Crippen LogP contribution in [0.25, 0.3) is 0 Å². The Hall–Kier alpha value is -1.48. The summed E-state index contributed by atoms with van der Waals surface area (Å²) in [6, 6.07) is 4.90. The summed E-state index contributed by atoms with van der Waals surface area (Å²) in [6.07, 6.45) is 3.21. The van der Waals surface area contributed by atoms with E-state index in [1.165, 1.54) is 11.8 Å². The van der Waals surface area contributed by atoms with Gasteiger partial charge in [0.2, 0.25) is 0 Å². The number of ether oxygens (including phenoxy) is 1. The zero-order valence-electron chi connectivity index (χ0n) is 15.3. The molecule has 0 radical (unpaired) electrons. The number of fused-ring (bicyclic) bond motifs is 1. The smallest absolute Gasteiger partial charge is 0.309 e. The Bertz CT molecular complexity index is 971. The van der Waals surface area contributed by atoms with E-state index in [-0.39, 0.29) is 22.5 Å². The van der Waals surface area contributed by atoms with Gasteiger partial charge in [0.15, 0.2) is 0 Å². The Morgan fingerprint density at radius 1 is 1.39 bits per heavy atom. The van der Waals surface area contributed by atoms with Crippen molar-refractivity contribution >= 4 is 46.1 Å². The molecule has 28 heavy (non-hydrogen) atoms. The SMILES string of the molecule is COC(=O)C1CCc2c(I)nn(C(=O)c3c(Cl)cccc3C3(F)CCC3)c2C1. The van der Waals surface area contributed by atoms with E-state index in [1.54, 1.807) is 18.2 Å². The van der Waals surface area contributed by atoms with Crippen LogP contribution in [0, 0.1) is 9.62 Å². The van der Waals surface area contributed by atoms with Crippen molar-refractivity contribution in [3.63, 3.8) is 0 Å². The van der Waals surface area contributed by atoms with Gasteiger partial charge in [-0.2, -0.15) is 9.78 Å². The van der Waals surface area contributed by atoms with Crippen LogP contribution in [0.5, 0.6) is 0 Å². The molecule has 1 aromatic carbocycles. The van der Waals surface area contributed by atoms with Crippen LogP contribution in [-0.4, -0.2) is 28.8 Å². The van der Waals surface area contributed by atoms with Crippen LogP contribution < -0.4 is 0 Å². The van der Waals surface area contributed by atoms with E-state index in [2.05, 4.69) is 27.7 Å². The Morgan fingerprint density at radius 2 is 2.14 bits per heavy atom. The number of esters is 1. The Labute approximate surface area is 180 Å². The molecule has 2 aliphatic rings. The standard InChI is InChI=1S/C20H19ClFIN2O3/c1-28-19(27)11-6-7-12-15(10-11)25(24-17(12)23)18(26)16-13(4-2-5-14(16)21)20(22)8-3-9-20/h2,4-5,11H,3,6-10H2,1H3. The molecule has 8 heteroatoms. The van der Waals surface area contributed by atoms with Crippen LogP contribution in [0.4, 0.5) is 4.39 Å². The van der Waals surface area contributed by atoms with Gasteiger partial charge in [-0.05, 0) is 60.8 Å². The minimum atomic E-state index is -1.52. The summed E-state index contributed by atoms with van der Waals surface area (Å²) in [5, 5.41) is 4.63. The molecule has 4 rings (SSSR count). The number of benzene rings is 1. The monoisotopic (exact) mass is 516 g/mol. The molecule has 1 aromatic heterocycles. The first-order chi connectivity index (χ1) is 13.4. The molecule has 1 heterocycles. The summed E-state index contributed by atoms with van der Waals surface area (Å²) in [5.74, 6) is -1.06. The van der Waals surface area contributed by atoms with Crippen molar-refractivity contribution in [2.24, 2.45) is 5.92 Å². The molecule has 2 aliphatic carbocycles. The van der Waals surface area contributed by atoms with Gasteiger partial charge < -0.3 is 4.74 Å². The quantitative estimate of drug-likeness (QED) is 0.447. The Kier molecular flexibility index (Phi) is 5.24. The normalized spacial score (nSPS) is 20.2. The summed E-state index contributed by atoms with van der Waals surface area (Å²) in [6.45, 7) is 0. The van der Waals surface area contributed by atoms with Gasteiger partial charge in [-0.15, -0.1) is 0 Å². The van der Waals surface area contributed by atoms with Crippen molar-refractivity contribution < 1.29 is 18.7 Å². The molecule has 0 bridgehead atoms. The highest BCUT2D eigenvalue weighted by Crippen LogP contribution is 2.47. The van der Waals surface area contributed by atoms with Crippen LogP contribution in [0.1, 0.15) is 52.9 Å². The number of carbonyl (C=O) groups is 2. The van der Waals surface area contributed by atoms with Gasteiger partial charge in [-0.25, -0.2) is 4.39 Å². The first kappa shape index (κ1) is 19.8. The highest BCUT2D eigenvalue weighted by atomic mass is 127. The minimum absolute atomic E-state index is 0.160. The first-order valence-electron chi connectivity index (χ1n) is 9.22. The predicted octanol–water partition coefficient (Wildman–Crippen LogP) is 4.46. The maximum absolute atomic E-state index is 15.2. The number of carbonyl (C=O) groups excluding carboxylic acids is 2. The zero-order valence-corrected chi connectivity index (χ0v) is 18.2. The topological polar surface area (TPSA) is 61.2 Å². The van der Waals surface area contributed by atoms with Gasteiger partial charge in [0.25, 0.3) is 5.91 Å². The molecule has 0 amide bonds. The van der Waals surface area contributed by atoms with E-state index in [0.29, 0.717) is 43.4 Å². The number of alkyl halides is 1. The van der Waals surface area contributed by atoms with Crippen LogP contribution in [0.2, 0.25) is 5.02 Å². The van der Waals surface area contributed by atoms with Crippen molar-refractivity contribution in [3.05, 3.63) is 49.3 Å². The van der Waals surface area contributed by atoms with Gasteiger partial charge in [0.1, 0.15) is 9.37 Å². The van der Waals surface area contributed by atoms with Gasteiger partial charge in [-0.3, -0.25) is 9.59 Å². The third-order valence-corrected chi connectivity index (χ3v) is 6.99. The van der Waals surface area contributed by atoms with Crippen molar-refractivity contribution in [2.75, 3.05) is 7.11 Å². The molecule has 148 valence electrons. The summed E-state index contributed by atoms with van der Waals surface area (Å²) in [4.78, 5) is 25.4. The first-order valence-corrected chi connectivity index (χ1v) is 10.7. The number of halogens is 3. The van der Waals surface area contributed by atoms with Gasteiger partial charge in [-0.1, -0.05) is 23.7 Å². The lowest BCUT2D eigenvalue weighted by molar-refractivity contribution is -0.145. The number of nitrogens with zero attached hydrogens (tertiary/aromatic N) is 2. The summed E-state index contributed by atoms with van der Waals surface area (Å²) in [5.41, 5.74) is 0.610. The minimum Gasteiger partial charge on any atom is -0.469 e. The molecule has 0 spiro atoms. The van der Waals surface area contributed by atoms with Crippen molar-refractivity contribution in [1.29, 1.82) is 0 Å². The lowest BCUT2D eigenvalue weighted by Crippen LogP contribution is -2.33. The van der Waals surface area contributed by atoms with Crippen molar-refractivity contribution in [3.8, 4) is 0 Å². The number of rotatable bonds is 3. The lowest BCUT2D eigenvalue weighted by atomic mass is 9.75. The molecule has 0 saturated heterocycles. The second-order valence-corrected chi connectivity index (χ2v) is 8.81. The van der Waals surface area contributed by atoms with E-state index in [4.69, 9.17) is 16.3 Å². The maximum atomic E-state index is 15.2. The molecular formula is C20H19ClFIN2O3. The van der Waals surface area contributed by atoms with Crippen LogP contribution in [0.15, 0.2) is 18.2 Å². The lowest BCUT2D eigenvalue weighted by Gasteiger charge is -2.35. The van der Waals surface area contributed by atoms with Gasteiger partial charge >= 0.3 is 5.97 Å². The fourth-order valence-electron chi connectivity index (χ4n) is 4.08. The molecule has 1 saturated carbocycles. The third-order valence-electron chi connectivity index (χ3n) is 5.81. The molecule has 1 fully saturated rings. The molecule has 0 aliphatic heterocycles. The second-order valence-electron chi connectivity index (χ2n) is 7.38. The van der Waals surface area contributed by atoms with Crippen LogP contribution in [0.3, 0.4) is 0 Å². The number of hydrogen-bond acceptors (Lipinski definition) is 4. The van der Waals surface area contributed by atoms with Crippen LogP contribution in [-0.2, 0) is 28.0 Å². The summed E-state index contributed by atoms with van der Waals surface area (Å²) < 4.78 is 22.1. The third kappa shape index (κ3) is 3.16. The molecular weight excluding hydrogens is 498 g/mol. The van der Waals surface area contributed by atoms with E-state index >= 15 is 4.39 Å². The highest BCUT2D eigenvalue weighted by Gasteiger charge is 2.43. The van der Waals surface area contributed by atoms with Crippen LogP contribution >= 0.6 is 34.2 Å². The molecule has 1 unspecified atom stereocenters. The maximum Gasteiger partial charge on any atom is 0.309 e. The zero-order chi connectivity index (χ0) is 20.1. The molecule has 2 aromatic rings. The fourth-order valence-corrected chi connectivity index (χ4v) is 5.13. The van der Waals surface area contributed by atoms with Gasteiger partial charge in [0, 0.05) is 17.5 Å². The molecule has 5 nitrogen and oxygen atoms in total. The van der Waals surface area contributed by atoms with Gasteiger partial charge in [0.05, 0.1) is 29.3 Å². The molecule has 0 N–H and O–H groups in total. The number of hydrogen-bond donors (Lipinski definition) is 0. The number of aromatic nitrogens is 2. The fraction of sp³-hybridized carbons (Fsp3) is 0.450. The second kappa shape index (κ2) is 7.40. The van der Waals surface area contributed by atoms with E-state index in [9.17, 15) is 9.59 Å². The largest absolute Gasteiger partial charge is 0.469 e. The van der Waals surface area contributed by atoms with E-state index in [1.807, 2.05) is 0 Å². The van der Waals surface area contributed by atoms with Crippen molar-refractivity contribution in [2.45, 2.75) is 44.2 Å². The van der Waals surface area contributed by atoms with E-state index < -0.39 is 11.6 Å². The average Bonchev–Trinajstić information content (AvgIpc) is 3.01. The predicted molar refractivity (Wildman–Crippen MR) is 110 cm³/mol. The Morgan fingerprint density at radius 3 is 2.79 bits per heavy atom. The average molecular weight is 517 g/mol. The highest BCUT2D eigenvalue weighted by molar-refractivity contribution is 14.1. The van der Waals surface area contributed by atoms with Crippen molar-refractivity contribution in [1.82, 2.24) is 9.78 Å². The molecule has 1 atom stereocenters.